The molecule has 108 valence electrons. The number of amides is 2. The van der Waals surface area contributed by atoms with Gasteiger partial charge in [0.05, 0.1) is 5.69 Å². The number of carbonyl (C=O) groups is 2. The maximum absolute atomic E-state index is 12.1. The van der Waals surface area contributed by atoms with Crippen LogP contribution in [0.1, 0.15) is 16.9 Å². The van der Waals surface area contributed by atoms with Crippen LogP contribution in [0.3, 0.4) is 0 Å². The van der Waals surface area contributed by atoms with E-state index in [-0.39, 0.29) is 17.4 Å². The van der Waals surface area contributed by atoms with Crippen LogP contribution in [-0.2, 0) is 0 Å². The third kappa shape index (κ3) is 3.05. The third-order valence-corrected chi connectivity index (χ3v) is 3.43. The molecule has 0 aromatic carbocycles. The Morgan fingerprint density at radius 1 is 1.50 bits per heavy atom. The van der Waals surface area contributed by atoms with E-state index in [1.54, 1.807) is 11.0 Å². The van der Waals surface area contributed by atoms with Crippen LogP contribution in [-0.4, -0.2) is 65.1 Å². The summed E-state index contributed by atoms with van der Waals surface area (Å²) in [5.74, 6) is -1.16. The van der Waals surface area contributed by atoms with Crippen molar-refractivity contribution in [2.75, 3.05) is 32.5 Å². The van der Waals surface area contributed by atoms with Gasteiger partial charge in [-0.25, -0.2) is 14.6 Å². The molecule has 0 radical (unpaired) electrons. The molecule has 2 N–H and O–H groups in total. The number of nitrogens with one attached hydrogen (secondary N) is 1. The fraction of sp³-hybridized carbons (Fsp3) is 0.462. The summed E-state index contributed by atoms with van der Waals surface area (Å²) in [5, 5.41) is 11.6. The van der Waals surface area contributed by atoms with Crippen LogP contribution >= 0.6 is 0 Å². The summed E-state index contributed by atoms with van der Waals surface area (Å²) < 4.78 is 0. The fourth-order valence-electron chi connectivity index (χ4n) is 2.22. The lowest BCUT2D eigenvalue weighted by Crippen LogP contribution is -2.37. The van der Waals surface area contributed by atoms with Gasteiger partial charge in [0.2, 0.25) is 0 Å². The van der Waals surface area contributed by atoms with Crippen molar-refractivity contribution in [2.45, 2.75) is 12.5 Å². The number of anilines is 1. The average Bonchev–Trinajstić information content (AvgIpc) is 2.89. The Balaban J connectivity index is 2.04. The van der Waals surface area contributed by atoms with Gasteiger partial charge in [-0.3, -0.25) is 0 Å². The maximum Gasteiger partial charge on any atom is 0.356 e. The van der Waals surface area contributed by atoms with Gasteiger partial charge in [-0.2, -0.15) is 0 Å². The average molecular weight is 278 g/mol. The lowest BCUT2D eigenvalue weighted by molar-refractivity contribution is 0.0691. The SMILES string of the molecule is CN(C)C1CCN(C(=O)Nc2cccnc2C(=O)O)C1. The van der Waals surface area contributed by atoms with E-state index in [1.807, 2.05) is 14.1 Å². The highest BCUT2D eigenvalue weighted by Gasteiger charge is 2.28. The van der Waals surface area contributed by atoms with Gasteiger partial charge in [0.25, 0.3) is 0 Å². The molecule has 0 saturated carbocycles. The van der Waals surface area contributed by atoms with E-state index in [9.17, 15) is 9.59 Å². The molecule has 1 aromatic heterocycles. The molecule has 1 aliphatic heterocycles. The first-order valence-corrected chi connectivity index (χ1v) is 6.39. The summed E-state index contributed by atoms with van der Waals surface area (Å²) >= 11 is 0. The number of likely N-dealkylation sites (N-methyl/N-ethyl adjacent to an activating group) is 1. The number of likely N-dealkylation sites (tertiary alicyclic amines) is 1. The van der Waals surface area contributed by atoms with Gasteiger partial charge < -0.3 is 20.2 Å². The van der Waals surface area contributed by atoms with Gasteiger partial charge in [0.15, 0.2) is 5.69 Å². The van der Waals surface area contributed by atoms with Crippen molar-refractivity contribution in [1.29, 1.82) is 0 Å². The van der Waals surface area contributed by atoms with Crippen molar-refractivity contribution in [3.05, 3.63) is 24.0 Å². The molecule has 1 fully saturated rings. The zero-order valence-corrected chi connectivity index (χ0v) is 11.5. The summed E-state index contributed by atoms with van der Waals surface area (Å²) in [6, 6.07) is 3.18. The molecule has 0 aliphatic carbocycles. The molecule has 2 rings (SSSR count). The van der Waals surface area contributed by atoms with E-state index in [2.05, 4.69) is 15.2 Å². The van der Waals surface area contributed by atoms with Crippen molar-refractivity contribution in [1.82, 2.24) is 14.8 Å². The summed E-state index contributed by atoms with van der Waals surface area (Å²) in [4.78, 5) is 30.7. The van der Waals surface area contributed by atoms with Crippen molar-refractivity contribution in [3.8, 4) is 0 Å². The number of carbonyl (C=O) groups excluding carboxylic acids is 1. The van der Waals surface area contributed by atoms with E-state index < -0.39 is 5.97 Å². The maximum atomic E-state index is 12.1. The highest BCUT2D eigenvalue weighted by molar-refractivity contribution is 5.98. The molecule has 7 nitrogen and oxygen atoms in total. The van der Waals surface area contributed by atoms with E-state index in [0.29, 0.717) is 19.1 Å². The molecule has 1 saturated heterocycles. The summed E-state index contributed by atoms with van der Waals surface area (Å²) in [6.45, 7) is 1.30. The molecule has 0 bridgehead atoms. The van der Waals surface area contributed by atoms with Crippen molar-refractivity contribution in [3.63, 3.8) is 0 Å². The zero-order chi connectivity index (χ0) is 14.7. The lowest BCUT2D eigenvalue weighted by atomic mass is 10.2. The number of carboxylic acids is 1. The number of nitrogens with zero attached hydrogens (tertiary/aromatic N) is 3. The monoisotopic (exact) mass is 278 g/mol. The topological polar surface area (TPSA) is 85.8 Å². The number of carboxylic acid groups (broad SMARTS) is 1. The fourth-order valence-corrected chi connectivity index (χ4v) is 2.22. The number of hydrogen-bond donors (Lipinski definition) is 2. The predicted octanol–water partition coefficient (Wildman–Crippen LogP) is 0.948. The van der Waals surface area contributed by atoms with Crippen LogP contribution in [0.4, 0.5) is 10.5 Å². The van der Waals surface area contributed by atoms with Crippen LogP contribution in [0.15, 0.2) is 18.3 Å². The second-order valence-corrected chi connectivity index (χ2v) is 4.99. The van der Waals surface area contributed by atoms with Crippen molar-refractivity contribution < 1.29 is 14.7 Å². The molecule has 20 heavy (non-hydrogen) atoms. The second-order valence-electron chi connectivity index (χ2n) is 4.99. The molecule has 1 unspecified atom stereocenters. The highest BCUT2D eigenvalue weighted by Crippen LogP contribution is 2.17. The molecule has 0 spiro atoms. The van der Waals surface area contributed by atoms with Gasteiger partial charge in [0.1, 0.15) is 0 Å². The molecule has 2 heterocycles. The number of urea groups is 1. The Bertz CT molecular complexity index is 518. The molecule has 1 atom stereocenters. The minimum atomic E-state index is -1.16. The highest BCUT2D eigenvalue weighted by atomic mass is 16.4. The molecule has 1 aromatic rings. The summed E-state index contributed by atoms with van der Waals surface area (Å²) in [6.07, 6.45) is 2.30. The van der Waals surface area contributed by atoms with Gasteiger partial charge in [-0.05, 0) is 32.6 Å². The largest absolute Gasteiger partial charge is 0.476 e. The Hall–Kier alpha value is -2.15. The summed E-state index contributed by atoms with van der Waals surface area (Å²) in [5.41, 5.74) is 0.0718. The molecular formula is C13H18N4O3. The normalized spacial score (nSPS) is 18.4. The van der Waals surface area contributed by atoms with Gasteiger partial charge in [-0.1, -0.05) is 0 Å². The van der Waals surface area contributed by atoms with Gasteiger partial charge in [-0.15, -0.1) is 0 Å². The number of hydrogen-bond acceptors (Lipinski definition) is 4. The Morgan fingerprint density at radius 2 is 2.25 bits per heavy atom. The predicted molar refractivity (Wildman–Crippen MR) is 73.9 cm³/mol. The Labute approximate surface area is 117 Å². The first-order chi connectivity index (χ1) is 9.49. The Kier molecular flexibility index (Phi) is 4.19. The van der Waals surface area contributed by atoms with E-state index in [4.69, 9.17) is 5.11 Å². The third-order valence-electron chi connectivity index (χ3n) is 3.43. The Morgan fingerprint density at radius 3 is 2.85 bits per heavy atom. The number of aromatic nitrogens is 1. The van der Waals surface area contributed by atoms with Crippen LogP contribution in [0, 0.1) is 0 Å². The minimum absolute atomic E-state index is 0.149. The summed E-state index contributed by atoms with van der Waals surface area (Å²) in [7, 11) is 3.96. The zero-order valence-electron chi connectivity index (χ0n) is 11.5. The first-order valence-electron chi connectivity index (χ1n) is 6.39. The van der Waals surface area contributed by atoms with Crippen molar-refractivity contribution in [2.24, 2.45) is 0 Å². The molecule has 2 amide bonds. The van der Waals surface area contributed by atoms with Crippen LogP contribution in [0.2, 0.25) is 0 Å². The van der Waals surface area contributed by atoms with E-state index in [1.165, 1.54) is 12.3 Å². The number of aromatic carboxylic acids is 1. The van der Waals surface area contributed by atoms with Gasteiger partial charge >= 0.3 is 12.0 Å². The first kappa shape index (κ1) is 14.3. The van der Waals surface area contributed by atoms with Crippen LogP contribution < -0.4 is 5.32 Å². The lowest BCUT2D eigenvalue weighted by Gasteiger charge is -2.21. The van der Waals surface area contributed by atoms with Crippen molar-refractivity contribution >= 4 is 17.7 Å². The smallest absolute Gasteiger partial charge is 0.356 e. The molecular weight excluding hydrogens is 260 g/mol. The minimum Gasteiger partial charge on any atom is -0.476 e. The number of rotatable bonds is 3. The standard InChI is InChI=1S/C13H18N4O3/c1-16(2)9-5-7-17(8-9)13(20)15-10-4-3-6-14-11(10)12(18)19/h3-4,6,9H,5,7-8H2,1-2H3,(H,15,20)(H,18,19). The van der Waals surface area contributed by atoms with Gasteiger partial charge in [0, 0.05) is 25.3 Å². The second kappa shape index (κ2) is 5.87. The van der Waals surface area contributed by atoms with E-state index >= 15 is 0 Å². The van der Waals surface area contributed by atoms with E-state index in [0.717, 1.165) is 6.42 Å². The van der Waals surface area contributed by atoms with Crippen LogP contribution in [0.5, 0.6) is 0 Å². The quantitative estimate of drug-likeness (QED) is 0.859. The number of pyridine rings is 1. The molecule has 1 aliphatic rings. The van der Waals surface area contributed by atoms with Crippen LogP contribution in [0.25, 0.3) is 0 Å². The molecule has 7 heteroatoms.